The number of pyridine rings is 1. The summed E-state index contributed by atoms with van der Waals surface area (Å²) >= 11 is 5.64. The third-order valence-electron chi connectivity index (χ3n) is 2.54. The van der Waals surface area contributed by atoms with Gasteiger partial charge < -0.3 is 14.8 Å². The van der Waals surface area contributed by atoms with E-state index in [1.54, 1.807) is 6.92 Å². The smallest absolute Gasteiger partial charge is 0.319 e. The molecule has 1 aromatic rings. The van der Waals surface area contributed by atoms with Crippen LogP contribution >= 0.6 is 11.6 Å². The van der Waals surface area contributed by atoms with Gasteiger partial charge in [-0.3, -0.25) is 14.9 Å². The number of nitrogens with zero attached hydrogens (tertiary/aromatic N) is 2. The number of halogens is 1. The monoisotopic (exact) mass is 303 g/mol. The molecule has 0 bridgehead atoms. The van der Waals surface area contributed by atoms with Gasteiger partial charge in [-0.1, -0.05) is 11.6 Å². The summed E-state index contributed by atoms with van der Waals surface area (Å²) in [4.78, 5) is 25.8. The number of methoxy groups -OCH3 is 2. The molecule has 1 N–H and O–H groups in total. The Balaban J connectivity index is 2.99. The Hall–Kier alpha value is -1.77. The van der Waals surface area contributed by atoms with Gasteiger partial charge in [-0.2, -0.15) is 0 Å². The van der Waals surface area contributed by atoms with E-state index in [4.69, 9.17) is 21.1 Å². The third kappa shape index (κ3) is 3.62. The summed E-state index contributed by atoms with van der Waals surface area (Å²) in [6.45, 7) is 1.64. The molecule has 0 radical (unpaired) electrons. The molecule has 8 nitrogen and oxygen atoms in total. The largest absolute Gasteiger partial charge is 0.354 e. The maximum Gasteiger partial charge on any atom is 0.319 e. The van der Waals surface area contributed by atoms with Crippen molar-refractivity contribution in [1.29, 1.82) is 0 Å². The van der Waals surface area contributed by atoms with Crippen LogP contribution in [0.25, 0.3) is 0 Å². The van der Waals surface area contributed by atoms with Crippen LogP contribution in [0.4, 0.5) is 5.69 Å². The molecular formula is C11H14ClN3O5. The molecule has 9 heteroatoms. The number of amides is 1. The van der Waals surface area contributed by atoms with Gasteiger partial charge in [0, 0.05) is 20.4 Å². The van der Waals surface area contributed by atoms with Crippen LogP contribution in [0.3, 0.4) is 0 Å². The number of rotatable bonds is 6. The lowest BCUT2D eigenvalue weighted by Gasteiger charge is -2.22. The van der Waals surface area contributed by atoms with E-state index in [1.165, 1.54) is 26.5 Å². The molecule has 0 saturated heterocycles. The van der Waals surface area contributed by atoms with Crippen LogP contribution < -0.4 is 5.32 Å². The molecule has 20 heavy (non-hydrogen) atoms. The Labute approximate surface area is 120 Å². The maximum atomic E-state index is 12.1. The van der Waals surface area contributed by atoms with E-state index >= 15 is 0 Å². The normalized spacial score (nSPS) is 12.2. The molecular weight excluding hydrogens is 290 g/mol. The summed E-state index contributed by atoms with van der Waals surface area (Å²) in [5, 5.41) is 13.1. The lowest BCUT2D eigenvalue weighted by atomic mass is 10.2. The molecule has 0 aliphatic heterocycles. The zero-order valence-corrected chi connectivity index (χ0v) is 11.9. The summed E-state index contributed by atoms with van der Waals surface area (Å²) in [5.41, 5.74) is -0.710. The summed E-state index contributed by atoms with van der Waals surface area (Å²) in [6.07, 6.45) is 0.550. The highest BCUT2D eigenvalue weighted by Crippen LogP contribution is 2.25. The van der Waals surface area contributed by atoms with Crippen LogP contribution in [0.15, 0.2) is 12.3 Å². The van der Waals surface area contributed by atoms with E-state index in [0.717, 1.165) is 0 Å². The van der Waals surface area contributed by atoms with E-state index in [2.05, 4.69) is 10.3 Å². The summed E-state index contributed by atoms with van der Waals surface area (Å²) in [6, 6.07) is 0.713. The van der Waals surface area contributed by atoms with Crippen molar-refractivity contribution in [2.45, 2.75) is 19.3 Å². The fraction of sp³-hybridized carbons (Fsp3) is 0.455. The van der Waals surface area contributed by atoms with Crippen molar-refractivity contribution in [3.8, 4) is 0 Å². The van der Waals surface area contributed by atoms with E-state index in [-0.39, 0.29) is 10.7 Å². The fourth-order valence-corrected chi connectivity index (χ4v) is 1.87. The minimum atomic E-state index is -0.751. The Kier molecular flexibility index (Phi) is 5.81. The van der Waals surface area contributed by atoms with Crippen LogP contribution in [-0.4, -0.2) is 42.4 Å². The van der Waals surface area contributed by atoms with Gasteiger partial charge in [0.25, 0.3) is 5.91 Å². The van der Waals surface area contributed by atoms with Crippen molar-refractivity contribution in [2.24, 2.45) is 0 Å². The Morgan fingerprint density at radius 3 is 2.60 bits per heavy atom. The molecule has 1 rings (SSSR count). The number of carbonyl (C=O) groups excluding carboxylic acids is 1. The van der Waals surface area contributed by atoms with Crippen LogP contribution in [0.5, 0.6) is 0 Å². The summed E-state index contributed by atoms with van der Waals surface area (Å²) in [5.74, 6) is -0.660. The van der Waals surface area contributed by atoms with Gasteiger partial charge in [0.2, 0.25) is 5.15 Å². The van der Waals surface area contributed by atoms with E-state index in [9.17, 15) is 14.9 Å². The average molecular weight is 304 g/mol. The first-order valence-electron chi connectivity index (χ1n) is 5.57. The minimum Gasteiger partial charge on any atom is -0.354 e. The minimum absolute atomic E-state index is 0.173. The lowest BCUT2D eigenvalue weighted by molar-refractivity contribution is -0.385. The topological polar surface area (TPSA) is 104 Å². The van der Waals surface area contributed by atoms with E-state index in [1.807, 2.05) is 0 Å². The van der Waals surface area contributed by atoms with Crippen LogP contribution in [0, 0.1) is 10.1 Å². The quantitative estimate of drug-likeness (QED) is 0.368. The predicted molar refractivity (Wildman–Crippen MR) is 70.6 cm³/mol. The molecule has 0 fully saturated rings. The molecule has 0 aliphatic rings. The van der Waals surface area contributed by atoms with Crippen molar-refractivity contribution in [3.63, 3.8) is 0 Å². The Morgan fingerprint density at radius 1 is 1.50 bits per heavy atom. The molecule has 110 valence electrons. The van der Waals surface area contributed by atoms with Crippen molar-refractivity contribution in [3.05, 3.63) is 33.1 Å². The second-order valence-corrected chi connectivity index (χ2v) is 4.21. The maximum absolute atomic E-state index is 12.1. The lowest BCUT2D eigenvalue weighted by Crippen LogP contribution is -2.43. The highest BCUT2D eigenvalue weighted by molar-refractivity contribution is 6.32. The predicted octanol–water partition coefficient (Wildman–Crippen LogP) is 1.38. The van der Waals surface area contributed by atoms with Crippen LogP contribution in [0.1, 0.15) is 17.3 Å². The second-order valence-electron chi connectivity index (χ2n) is 3.86. The SMILES string of the molecule is COC(OC)C(C)NC(=O)c1ccnc(Cl)c1[N+](=O)[O-]. The summed E-state index contributed by atoms with van der Waals surface area (Å²) < 4.78 is 9.98. The molecule has 0 aromatic carbocycles. The van der Waals surface area contributed by atoms with Gasteiger partial charge in [-0.15, -0.1) is 0 Å². The van der Waals surface area contributed by atoms with Crippen LogP contribution in [0.2, 0.25) is 5.15 Å². The highest BCUT2D eigenvalue weighted by Gasteiger charge is 2.27. The molecule has 1 amide bonds. The molecule has 1 heterocycles. The van der Waals surface area contributed by atoms with Gasteiger partial charge >= 0.3 is 5.69 Å². The van der Waals surface area contributed by atoms with Crippen LogP contribution in [-0.2, 0) is 9.47 Å². The van der Waals surface area contributed by atoms with Gasteiger partial charge in [-0.05, 0) is 13.0 Å². The molecule has 0 spiro atoms. The van der Waals surface area contributed by atoms with Gasteiger partial charge in [-0.25, -0.2) is 4.98 Å². The Bertz CT molecular complexity index is 507. The average Bonchev–Trinajstić information content (AvgIpc) is 2.39. The van der Waals surface area contributed by atoms with Gasteiger partial charge in [0.15, 0.2) is 6.29 Å². The zero-order chi connectivity index (χ0) is 15.3. The molecule has 1 unspecified atom stereocenters. The number of nitrogens with one attached hydrogen (secondary N) is 1. The number of ether oxygens (including phenoxy) is 2. The van der Waals surface area contributed by atoms with Gasteiger partial charge in [0.1, 0.15) is 5.56 Å². The number of nitro groups is 1. The van der Waals surface area contributed by atoms with Gasteiger partial charge in [0.05, 0.1) is 11.0 Å². The summed E-state index contributed by atoms with van der Waals surface area (Å²) in [7, 11) is 2.84. The van der Waals surface area contributed by atoms with E-state index < -0.39 is 28.8 Å². The first-order chi connectivity index (χ1) is 9.42. The molecule has 1 atom stereocenters. The first kappa shape index (κ1) is 16.3. The molecule has 0 saturated carbocycles. The number of hydrogen-bond donors (Lipinski definition) is 1. The Morgan fingerprint density at radius 2 is 2.10 bits per heavy atom. The van der Waals surface area contributed by atoms with Crippen molar-refractivity contribution in [2.75, 3.05) is 14.2 Å². The zero-order valence-electron chi connectivity index (χ0n) is 11.1. The van der Waals surface area contributed by atoms with Crippen molar-refractivity contribution >= 4 is 23.2 Å². The van der Waals surface area contributed by atoms with Crippen molar-refractivity contribution < 1.29 is 19.2 Å². The van der Waals surface area contributed by atoms with E-state index in [0.29, 0.717) is 0 Å². The van der Waals surface area contributed by atoms with Crippen molar-refractivity contribution in [1.82, 2.24) is 10.3 Å². The number of carbonyl (C=O) groups is 1. The number of aromatic nitrogens is 1. The molecule has 1 aromatic heterocycles. The third-order valence-corrected chi connectivity index (χ3v) is 2.82. The standard InChI is InChI=1S/C11H14ClN3O5/c1-6(11(19-2)20-3)14-10(16)7-4-5-13-9(12)8(7)15(17)18/h4-6,11H,1-3H3,(H,14,16). The number of hydrogen-bond acceptors (Lipinski definition) is 6. The highest BCUT2D eigenvalue weighted by atomic mass is 35.5. The molecule has 0 aliphatic carbocycles. The second kappa shape index (κ2) is 7.13. The fourth-order valence-electron chi connectivity index (χ4n) is 1.64. The first-order valence-corrected chi connectivity index (χ1v) is 5.95.